The van der Waals surface area contributed by atoms with Crippen LogP contribution in [0.5, 0.6) is 0 Å². The standard InChI is InChI=1S/C23H28NP/c1-18(24-23(2,3)4)21-16-11-17-22(21)25(19-12-7-5-8-13-19)20-14-9-6-10-15-20/h5-18,21,24H,1-4H3. The van der Waals surface area contributed by atoms with Crippen molar-refractivity contribution in [3.63, 3.8) is 0 Å². The van der Waals surface area contributed by atoms with E-state index in [0.29, 0.717) is 12.0 Å². The zero-order valence-corrected chi connectivity index (χ0v) is 16.5. The van der Waals surface area contributed by atoms with E-state index in [4.69, 9.17) is 0 Å². The lowest BCUT2D eigenvalue weighted by Crippen LogP contribution is -2.45. The first-order valence-corrected chi connectivity index (χ1v) is 10.4. The second-order valence-electron chi connectivity index (χ2n) is 7.69. The Morgan fingerprint density at radius 3 is 1.88 bits per heavy atom. The first-order chi connectivity index (χ1) is 12.0. The molecule has 1 N–H and O–H groups in total. The van der Waals surface area contributed by atoms with Crippen LogP contribution in [0, 0.1) is 5.92 Å². The molecule has 130 valence electrons. The number of hydrogen-bond donors (Lipinski definition) is 1. The molecule has 0 bridgehead atoms. The summed E-state index contributed by atoms with van der Waals surface area (Å²) in [4.78, 5) is 0. The van der Waals surface area contributed by atoms with Gasteiger partial charge in [-0.05, 0) is 51.5 Å². The van der Waals surface area contributed by atoms with E-state index >= 15 is 0 Å². The number of allylic oxidation sites excluding steroid dienone is 2. The maximum absolute atomic E-state index is 3.77. The van der Waals surface area contributed by atoms with Gasteiger partial charge in [0.1, 0.15) is 0 Å². The van der Waals surface area contributed by atoms with E-state index in [1.54, 1.807) is 0 Å². The van der Waals surface area contributed by atoms with Crippen LogP contribution in [-0.4, -0.2) is 11.6 Å². The van der Waals surface area contributed by atoms with Crippen molar-refractivity contribution in [2.24, 2.45) is 5.92 Å². The normalized spacial score (nSPS) is 18.4. The van der Waals surface area contributed by atoms with E-state index in [1.165, 1.54) is 15.9 Å². The first-order valence-electron chi connectivity index (χ1n) is 9.02. The number of rotatable bonds is 5. The van der Waals surface area contributed by atoms with Gasteiger partial charge in [0.15, 0.2) is 0 Å². The summed E-state index contributed by atoms with van der Waals surface area (Å²) >= 11 is 0. The van der Waals surface area contributed by atoms with Crippen LogP contribution in [0.2, 0.25) is 0 Å². The van der Waals surface area contributed by atoms with E-state index < -0.39 is 7.92 Å². The third kappa shape index (κ3) is 4.48. The molecule has 0 fully saturated rings. The topological polar surface area (TPSA) is 12.0 Å². The summed E-state index contributed by atoms with van der Waals surface area (Å²) in [7, 11) is -0.507. The molecule has 2 unspecified atom stereocenters. The molecule has 1 aliphatic carbocycles. The molecule has 3 rings (SSSR count). The van der Waals surface area contributed by atoms with Crippen LogP contribution in [0.4, 0.5) is 0 Å². The van der Waals surface area contributed by atoms with Crippen molar-refractivity contribution in [2.45, 2.75) is 39.3 Å². The van der Waals surface area contributed by atoms with Gasteiger partial charge in [-0.15, -0.1) is 0 Å². The fourth-order valence-electron chi connectivity index (χ4n) is 3.50. The van der Waals surface area contributed by atoms with Gasteiger partial charge in [0, 0.05) is 17.5 Å². The van der Waals surface area contributed by atoms with Gasteiger partial charge in [-0.1, -0.05) is 78.9 Å². The Labute approximate surface area is 153 Å². The van der Waals surface area contributed by atoms with Gasteiger partial charge in [0.2, 0.25) is 0 Å². The molecular formula is C23H28NP. The molecule has 25 heavy (non-hydrogen) atoms. The maximum Gasteiger partial charge on any atom is 0.0183 e. The highest BCUT2D eigenvalue weighted by Crippen LogP contribution is 2.49. The molecule has 2 aromatic rings. The number of hydrogen-bond acceptors (Lipinski definition) is 1. The summed E-state index contributed by atoms with van der Waals surface area (Å²) in [6.45, 7) is 9.02. The Morgan fingerprint density at radius 1 is 0.880 bits per heavy atom. The van der Waals surface area contributed by atoms with Crippen LogP contribution in [0.15, 0.2) is 84.2 Å². The smallest absolute Gasteiger partial charge is 0.0183 e. The van der Waals surface area contributed by atoms with Crippen LogP contribution >= 0.6 is 7.92 Å². The third-order valence-electron chi connectivity index (χ3n) is 4.41. The minimum absolute atomic E-state index is 0.114. The molecule has 0 heterocycles. The lowest BCUT2D eigenvalue weighted by molar-refractivity contribution is 0.347. The second-order valence-corrected chi connectivity index (χ2v) is 9.91. The Kier molecular flexibility index (Phi) is 5.57. The average Bonchev–Trinajstić information content (AvgIpc) is 3.05. The van der Waals surface area contributed by atoms with E-state index in [2.05, 4.69) is 112 Å². The zero-order chi connectivity index (χ0) is 17.9. The maximum atomic E-state index is 3.77. The largest absolute Gasteiger partial charge is 0.309 e. The molecule has 1 aliphatic rings. The predicted molar refractivity (Wildman–Crippen MR) is 112 cm³/mol. The Morgan fingerprint density at radius 2 is 1.40 bits per heavy atom. The van der Waals surface area contributed by atoms with E-state index in [9.17, 15) is 0 Å². The van der Waals surface area contributed by atoms with Crippen LogP contribution in [0.1, 0.15) is 27.7 Å². The Hall–Kier alpha value is -1.69. The Balaban J connectivity index is 1.96. The molecule has 1 nitrogen and oxygen atoms in total. The van der Waals surface area contributed by atoms with Crippen LogP contribution in [0.25, 0.3) is 0 Å². The van der Waals surface area contributed by atoms with Crippen molar-refractivity contribution < 1.29 is 0 Å². The van der Waals surface area contributed by atoms with Gasteiger partial charge < -0.3 is 5.32 Å². The number of benzene rings is 2. The van der Waals surface area contributed by atoms with Crippen LogP contribution in [0.3, 0.4) is 0 Å². The molecule has 0 radical (unpaired) electrons. The highest BCUT2D eigenvalue weighted by Gasteiger charge is 2.30. The fourth-order valence-corrected chi connectivity index (χ4v) is 6.18. The van der Waals surface area contributed by atoms with E-state index in [0.717, 1.165) is 0 Å². The quantitative estimate of drug-likeness (QED) is 0.752. The van der Waals surface area contributed by atoms with Gasteiger partial charge in [-0.25, -0.2) is 0 Å². The third-order valence-corrected chi connectivity index (χ3v) is 7.01. The molecule has 0 aromatic heterocycles. The molecule has 0 saturated heterocycles. The van der Waals surface area contributed by atoms with Crippen molar-refractivity contribution >= 4 is 18.5 Å². The summed E-state index contributed by atoms with van der Waals surface area (Å²) < 4.78 is 0. The monoisotopic (exact) mass is 349 g/mol. The van der Waals surface area contributed by atoms with Crippen LogP contribution < -0.4 is 15.9 Å². The summed E-state index contributed by atoms with van der Waals surface area (Å²) in [6, 6.07) is 22.3. The lowest BCUT2D eigenvalue weighted by Gasteiger charge is -2.33. The highest BCUT2D eigenvalue weighted by molar-refractivity contribution is 7.76. The number of nitrogens with one attached hydrogen (secondary N) is 1. The Bertz CT molecular complexity index is 701. The summed E-state index contributed by atoms with van der Waals surface area (Å²) in [5, 5.41) is 8.15. The van der Waals surface area contributed by atoms with Gasteiger partial charge in [0.05, 0.1) is 0 Å². The van der Waals surface area contributed by atoms with Crippen molar-refractivity contribution in [1.82, 2.24) is 5.32 Å². The summed E-state index contributed by atoms with van der Waals surface area (Å²) in [5.74, 6) is 0.436. The minimum Gasteiger partial charge on any atom is -0.309 e. The van der Waals surface area contributed by atoms with Crippen molar-refractivity contribution in [1.29, 1.82) is 0 Å². The molecule has 0 amide bonds. The van der Waals surface area contributed by atoms with Gasteiger partial charge in [0.25, 0.3) is 0 Å². The van der Waals surface area contributed by atoms with Gasteiger partial charge >= 0.3 is 0 Å². The van der Waals surface area contributed by atoms with Gasteiger partial charge in [-0.3, -0.25) is 0 Å². The SMILES string of the molecule is CC(NC(C)(C)C)C1C=CC=C1P(c1ccccc1)c1ccccc1. The zero-order valence-electron chi connectivity index (χ0n) is 15.6. The molecule has 2 aromatic carbocycles. The molecular weight excluding hydrogens is 321 g/mol. The first kappa shape index (κ1) is 18.1. The lowest BCUT2D eigenvalue weighted by atomic mass is 9.99. The molecule has 2 heteroatoms. The van der Waals surface area contributed by atoms with Crippen molar-refractivity contribution in [3.05, 3.63) is 84.2 Å². The summed E-state index contributed by atoms with van der Waals surface area (Å²) in [5.41, 5.74) is 0.114. The molecule has 0 saturated carbocycles. The van der Waals surface area contributed by atoms with Crippen molar-refractivity contribution in [3.8, 4) is 0 Å². The fraction of sp³-hybridized carbons (Fsp3) is 0.304. The highest BCUT2D eigenvalue weighted by atomic mass is 31.1. The second kappa shape index (κ2) is 7.68. The predicted octanol–water partition coefficient (Wildman–Crippen LogP) is 4.97. The summed E-state index contributed by atoms with van der Waals surface area (Å²) in [6.07, 6.45) is 6.94. The van der Waals surface area contributed by atoms with Crippen molar-refractivity contribution in [2.75, 3.05) is 0 Å². The molecule has 2 atom stereocenters. The molecule has 0 spiro atoms. The average molecular weight is 349 g/mol. The minimum atomic E-state index is -0.507. The van der Waals surface area contributed by atoms with E-state index in [-0.39, 0.29) is 5.54 Å². The van der Waals surface area contributed by atoms with Gasteiger partial charge in [-0.2, -0.15) is 0 Å². The van der Waals surface area contributed by atoms with E-state index in [1.807, 2.05) is 0 Å². The van der Waals surface area contributed by atoms with Crippen LogP contribution in [-0.2, 0) is 0 Å². The molecule has 0 aliphatic heterocycles.